The van der Waals surface area contributed by atoms with Gasteiger partial charge in [-0.05, 0) is 5.25 Å². The van der Waals surface area contributed by atoms with Crippen LogP contribution in [-0.4, -0.2) is 34.9 Å². The van der Waals surface area contributed by atoms with Crippen molar-refractivity contribution in [1.29, 1.82) is 0 Å². The quantitative estimate of drug-likeness (QED) is 0.725. The number of ether oxygens (including phenoxy) is 1. The molecule has 1 rings (SSSR count). The average Bonchev–Trinajstić information content (AvgIpc) is 2.40. The molecule has 0 aromatic rings. The standard InChI is InChI=1S/C7H14O2S.C2H6/c1-5(2)10-7-4-9-3-6(7)8;1-2/h5-8H,3-4H2,1-2H3;1-2H3. The van der Waals surface area contributed by atoms with Crippen molar-refractivity contribution in [1.82, 2.24) is 0 Å². The van der Waals surface area contributed by atoms with Crippen LogP contribution in [0.4, 0.5) is 0 Å². The van der Waals surface area contributed by atoms with Crippen LogP contribution in [-0.2, 0) is 4.74 Å². The highest BCUT2D eigenvalue weighted by Crippen LogP contribution is 2.24. The first kappa shape index (κ1) is 12.3. The Bertz CT molecular complexity index is 107. The maximum atomic E-state index is 9.29. The lowest BCUT2D eigenvalue weighted by molar-refractivity contribution is 0.127. The van der Waals surface area contributed by atoms with Gasteiger partial charge in [0.2, 0.25) is 0 Å². The monoisotopic (exact) mass is 192 g/mol. The molecule has 2 nitrogen and oxygen atoms in total. The Labute approximate surface area is 79.7 Å². The van der Waals surface area contributed by atoms with E-state index in [0.29, 0.717) is 23.7 Å². The summed E-state index contributed by atoms with van der Waals surface area (Å²) in [6.45, 7) is 9.50. The molecule has 3 heteroatoms. The van der Waals surface area contributed by atoms with Crippen molar-refractivity contribution in [3.63, 3.8) is 0 Å². The first-order valence-electron chi connectivity index (χ1n) is 4.61. The first-order valence-corrected chi connectivity index (χ1v) is 5.55. The molecule has 0 bridgehead atoms. The summed E-state index contributed by atoms with van der Waals surface area (Å²) in [5.41, 5.74) is 0. The zero-order valence-electron chi connectivity index (χ0n) is 8.41. The van der Waals surface area contributed by atoms with Crippen LogP contribution in [0.25, 0.3) is 0 Å². The fourth-order valence-electron chi connectivity index (χ4n) is 1.00. The second kappa shape index (κ2) is 6.75. The molecule has 0 radical (unpaired) electrons. The van der Waals surface area contributed by atoms with Crippen molar-refractivity contribution in [3.05, 3.63) is 0 Å². The number of thioether (sulfide) groups is 1. The molecule has 0 aromatic carbocycles. The van der Waals surface area contributed by atoms with Gasteiger partial charge in [-0.1, -0.05) is 27.7 Å². The summed E-state index contributed by atoms with van der Waals surface area (Å²) in [7, 11) is 0. The molecular formula is C9H20O2S. The highest BCUT2D eigenvalue weighted by atomic mass is 32.2. The van der Waals surface area contributed by atoms with E-state index >= 15 is 0 Å². The summed E-state index contributed by atoms with van der Waals surface area (Å²) in [6.07, 6.45) is -0.243. The van der Waals surface area contributed by atoms with Gasteiger partial charge in [-0.15, -0.1) is 0 Å². The van der Waals surface area contributed by atoms with E-state index in [1.165, 1.54) is 0 Å². The molecule has 74 valence electrons. The third-order valence-corrected chi connectivity index (χ3v) is 2.79. The van der Waals surface area contributed by atoms with Crippen molar-refractivity contribution in [2.45, 2.75) is 44.3 Å². The zero-order valence-corrected chi connectivity index (χ0v) is 9.23. The minimum atomic E-state index is -0.243. The molecule has 0 aliphatic carbocycles. The molecule has 1 heterocycles. The lowest BCUT2D eigenvalue weighted by Gasteiger charge is -2.13. The minimum absolute atomic E-state index is 0.243. The summed E-state index contributed by atoms with van der Waals surface area (Å²) in [5.74, 6) is 0. The fraction of sp³-hybridized carbons (Fsp3) is 1.00. The Balaban J connectivity index is 0.000000561. The molecule has 2 atom stereocenters. The van der Waals surface area contributed by atoms with Crippen LogP contribution in [0.15, 0.2) is 0 Å². The van der Waals surface area contributed by atoms with Crippen LogP contribution in [0.2, 0.25) is 0 Å². The van der Waals surface area contributed by atoms with Crippen LogP contribution in [0, 0.1) is 0 Å². The summed E-state index contributed by atoms with van der Waals surface area (Å²) >= 11 is 1.80. The Morgan fingerprint density at radius 2 is 1.92 bits per heavy atom. The van der Waals surface area contributed by atoms with Crippen LogP contribution in [0.1, 0.15) is 27.7 Å². The van der Waals surface area contributed by atoms with Crippen LogP contribution in [0.5, 0.6) is 0 Å². The largest absolute Gasteiger partial charge is 0.389 e. The van der Waals surface area contributed by atoms with Crippen molar-refractivity contribution < 1.29 is 9.84 Å². The molecule has 1 aliphatic heterocycles. The van der Waals surface area contributed by atoms with Gasteiger partial charge in [0.25, 0.3) is 0 Å². The molecule has 0 saturated carbocycles. The van der Waals surface area contributed by atoms with Gasteiger partial charge in [0, 0.05) is 0 Å². The smallest absolute Gasteiger partial charge is 0.0914 e. The molecule has 1 aliphatic rings. The summed E-state index contributed by atoms with van der Waals surface area (Å²) in [5, 5.41) is 10.2. The molecule has 1 N–H and O–H groups in total. The third-order valence-electron chi connectivity index (χ3n) is 1.45. The number of rotatable bonds is 2. The number of aliphatic hydroxyl groups excluding tert-OH is 1. The number of aliphatic hydroxyl groups is 1. The van der Waals surface area contributed by atoms with Gasteiger partial charge in [0.1, 0.15) is 0 Å². The van der Waals surface area contributed by atoms with Gasteiger partial charge in [0.15, 0.2) is 0 Å². The van der Waals surface area contributed by atoms with Crippen molar-refractivity contribution >= 4 is 11.8 Å². The molecule has 1 saturated heterocycles. The fourth-order valence-corrected chi connectivity index (χ4v) is 2.14. The average molecular weight is 192 g/mol. The van der Waals surface area contributed by atoms with Crippen LogP contribution in [0.3, 0.4) is 0 Å². The van der Waals surface area contributed by atoms with Gasteiger partial charge in [-0.2, -0.15) is 11.8 Å². The van der Waals surface area contributed by atoms with Gasteiger partial charge >= 0.3 is 0 Å². The number of hydrogen-bond acceptors (Lipinski definition) is 3. The summed E-state index contributed by atoms with van der Waals surface area (Å²) in [6, 6.07) is 0. The summed E-state index contributed by atoms with van der Waals surface area (Å²) in [4.78, 5) is 0. The third kappa shape index (κ3) is 4.33. The van der Waals surface area contributed by atoms with E-state index in [2.05, 4.69) is 13.8 Å². The molecule has 1 fully saturated rings. The predicted molar refractivity (Wildman–Crippen MR) is 54.7 cm³/mol. The van der Waals surface area contributed by atoms with Crippen molar-refractivity contribution in [2.75, 3.05) is 13.2 Å². The topological polar surface area (TPSA) is 29.5 Å². The van der Waals surface area contributed by atoms with Gasteiger partial charge in [0.05, 0.1) is 24.6 Å². The maximum absolute atomic E-state index is 9.29. The minimum Gasteiger partial charge on any atom is -0.389 e. The van der Waals surface area contributed by atoms with Crippen molar-refractivity contribution in [3.8, 4) is 0 Å². The van der Waals surface area contributed by atoms with Gasteiger partial charge in [-0.3, -0.25) is 0 Å². The number of hydrogen-bond donors (Lipinski definition) is 1. The van der Waals surface area contributed by atoms with E-state index in [9.17, 15) is 5.11 Å². The molecular weight excluding hydrogens is 172 g/mol. The maximum Gasteiger partial charge on any atom is 0.0914 e. The van der Waals surface area contributed by atoms with E-state index in [1.54, 1.807) is 11.8 Å². The van der Waals surface area contributed by atoms with E-state index in [4.69, 9.17) is 4.74 Å². The molecule has 2 unspecified atom stereocenters. The molecule has 0 amide bonds. The van der Waals surface area contributed by atoms with E-state index in [-0.39, 0.29) is 6.10 Å². The van der Waals surface area contributed by atoms with Crippen LogP contribution < -0.4 is 0 Å². The van der Waals surface area contributed by atoms with Gasteiger partial charge in [-0.25, -0.2) is 0 Å². The normalized spacial score (nSPS) is 28.5. The van der Waals surface area contributed by atoms with E-state index in [0.717, 1.165) is 0 Å². The predicted octanol–water partition coefficient (Wildman–Crippen LogP) is 1.91. The Morgan fingerprint density at radius 1 is 1.33 bits per heavy atom. The van der Waals surface area contributed by atoms with Gasteiger partial charge < -0.3 is 9.84 Å². The molecule has 12 heavy (non-hydrogen) atoms. The second-order valence-electron chi connectivity index (χ2n) is 2.83. The lowest BCUT2D eigenvalue weighted by Crippen LogP contribution is -2.21. The Kier molecular flexibility index (Phi) is 6.90. The lowest BCUT2D eigenvalue weighted by atomic mass is 10.3. The Morgan fingerprint density at radius 3 is 2.25 bits per heavy atom. The zero-order chi connectivity index (χ0) is 9.56. The molecule has 0 aromatic heterocycles. The Hall–Kier alpha value is 0.270. The van der Waals surface area contributed by atoms with E-state index in [1.807, 2.05) is 13.8 Å². The first-order chi connectivity index (χ1) is 5.70. The SMILES string of the molecule is CC.CC(C)SC1COCC1O. The second-order valence-corrected chi connectivity index (χ2v) is 4.65. The van der Waals surface area contributed by atoms with Crippen LogP contribution >= 0.6 is 11.8 Å². The van der Waals surface area contributed by atoms with Crippen molar-refractivity contribution in [2.24, 2.45) is 0 Å². The highest BCUT2D eigenvalue weighted by Gasteiger charge is 2.26. The molecule has 0 spiro atoms. The highest BCUT2D eigenvalue weighted by molar-refractivity contribution is 8.00. The van der Waals surface area contributed by atoms with E-state index < -0.39 is 0 Å². The summed E-state index contributed by atoms with van der Waals surface area (Å²) < 4.78 is 5.10.